The molecule has 186 valence electrons. The zero-order valence-corrected chi connectivity index (χ0v) is 19.3. The van der Waals surface area contributed by atoms with Gasteiger partial charge in [-0.25, -0.2) is 0 Å². The molecule has 0 bridgehead atoms. The molecular weight excluding hydrogens is 468 g/mol. The van der Waals surface area contributed by atoms with Gasteiger partial charge in [-0.2, -0.15) is 0 Å². The second kappa shape index (κ2) is 10.4. The number of benzene rings is 2. The van der Waals surface area contributed by atoms with Gasteiger partial charge in [0.2, 0.25) is 5.79 Å². The van der Waals surface area contributed by atoms with E-state index < -0.39 is 42.9 Å². The smallest absolute Gasteiger partial charge is 0.222 e. The molecule has 0 radical (unpaired) electrons. The number of hydrogen-bond acceptors (Lipinski definition) is 9. The maximum absolute atomic E-state index is 11.1. The summed E-state index contributed by atoms with van der Waals surface area (Å²) in [5, 5.41) is 51.7. The molecule has 0 amide bonds. The summed E-state index contributed by atoms with van der Waals surface area (Å²) in [4.78, 5) is 0. The summed E-state index contributed by atoms with van der Waals surface area (Å²) in [6, 6.07) is 11.8. The standard InChI is InChI=1S/C24H29ClO9/c1-31-22(13-2-5-15(6-3-13)33-16-8-9-32-12-16)17-10-14(4-7-18(17)25)24(30)23(29)21(28)20(27)19(11-26)34-24/h2-7,10,16,19-23,26-30H,8-9,11-12H2,1H3/t16?,19-,20-,21+,22?,23-,24+/m1/s1. The third-order valence-electron chi connectivity index (χ3n) is 6.27. The first-order valence-corrected chi connectivity index (χ1v) is 11.4. The zero-order chi connectivity index (χ0) is 24.5. The van der Waals surface area contributed by atoms with Crippen LogP contribution in [0.25, 0.3) is 0 Å². The summed E-state index contributed by atoms with van der Waals surface area (Å²) < 4.78 is 22.4. The van der Waals surface area contributed by atoms with Crippen molar-refractivity contribution in [3.63, 3.8) is 0 Å². The number of methoxy groups -OCH3 is 1. The fourth-order valence-electron chi connectivity index (χ4n) is 4.32. The third kappa shape index (κ3) is 4.81. The summed E-state index contributed by atoms with van der Waals surface area (Å²) in [5.74, 6) is -1.70. The number of ether oxygens (including phenoxy) is 4. The minimum absolute atomic E-state index is 0.0227. The molecule has 2 unspecified atom stereocenters. The average Bonchev–Trinajstić information content (AvgIpc) is 3.36. The molecule has 2 heterocycles. The first-order valence-electron chi connectivity index (χ1n) is 11.0. The summed E-state index contributed by atoms with van der Waals surface area (Å²) in [6.45, 7) is 0.573. The summed E-state index contributed by atoms with van der Waals surface area (Å²) in [5.41, 5.74) is 1.31. The van der Waals surface area contributed by atoms with Crippen LogP contribution in [-0.2, 0) is 20.0 Å². The van der Waals surface area contributed by atoms with Crippen LogP contribution in [0.15, 0.2) is 42.5 Å². The number of halogens is 1. The molecule has 2 fully saturated rings. The Bertz CT molecular complexity index is 963. The number of hydrogen-bond donors (Lipinski definition) is 5. The first kappa shape index (κ1) is 25.3. The van der Waals surface area contributed by atoms with E-state index in [0.29, 0.717) is 29.5 Å². The molecule has 34 heavy (non-hydrogen) atoms. The van der Waals surface area contributed by atoms with Crippen LogP contribution in [0.2, 0.25) is 5.02 Å². The van der Waals surface area contributed by atoms with E-state index in [1.165, 1.54) is 25.3 Å². The Morgan fingerprint density at radius 2 is 1.85 bits per heavy atom. The number of aliphatic hydroxyl groups excluding tert-OH is 4. The molecule has 2 aromatic carbocycles. The molecule has 2 saturated heterocycles. The Labute approximate surface area is 202 Å². The van der Waals surface area contributed by atoms with Gasteiger partial charge in [0.1, 0.15) is 42.4 Å². The van der Waals surface area contributed by atoms with Crippen LogP contribution < -0.4 is 4.74 Å². The van der Waals surface area contributed by atoms with Crippen LogP contribution in [0, 0.1) is 0 Å². The molecule has 4 rings (SSSR count). The van der Waals surface area contributed by atoms with Crippen molar-refractivity contribution in [1.82, 2.24) is 0 Å². The van der Waals surface area contributed by atoms with Crippen LogP contribution in [0.5, 0.6) is 5.75 Å². The van der Waals surface area contributed by atoms with Gasteiger partial charge in [0, 0.05) is 29.7 Å². The van der Waals surface area contributed by atoms with Gasteiger partial charge in [0.05, 0.1) is 19.8 Å². The van der Waals surface area contributed by atoms with Crippen LogP contribution in [0.4, 0.5) is 0 Å². The second-order valence-corrected chi connectivity index (χ2v) is 8.89. The molecule has 0 aromatic heterocycles. The Hall–Kier alpha value is -1.79. The first-order chi connectivity index (χ1) is 16.3. The van der Waals surface area contributed by atoms with E-state index in [1.807, 2.05) is 24.3 Å². The monoisotopic (exact) mass is 496 g/mol. The maximum Gasteiger partial charge on any atom is 0.222 e. The van der Waals surface area contributed by atoms with E-state index in [1.54, 1.807) is 0 Å². The van der Waals surface area contributed by atoms with Gasteiger partial charge in [-0.1, -0.05) is 29.8 Å². The maximum atomic E-state index is 11.1. The number of rotatable bonds is 7. The van der Waals surface area contributed by atoms with Crippen LogP contribution in [0.3, 0.4) is 0 Å². The van der Waals surface area contributed by atoms with Gasteiger partial charge in [0.15, 0.2) is 0 Å². The highest BCUT2D eigenvalue weighted by atomic mass is 35.5. The molecule has 7 atom stereocenters. The quantitative estimate of drug-likeness (QED) is 0.378. The Morgan fingerprint density at radius 3 is 2.47 bits per heavy atom. The number of aliphatic hydroxyl groups is 5. The van der Waals surface area contributed by atoms with Gasteiger partial charge in [-0.3, -0.25) is 0 Å². The normalized spacial score (nSPS) is 32.5. The summed E-state index contributed by atoms with van der Waals surface area (Å²) in [7, 11) is 1.51. The summed E-state index contributed by atoms with van der Waals surface area (Å²) >= 11 is 6.46. The molecule has 2 aliphatic rings. The Morgan fingerprint density at radius 1 is 1.12 bits per heavy atom. The highest BCUT2D eigenvalue weighted by Crippen LogP contribution is 2.40. The van der Waals surface area contributed by atoms with E-state index >= 15 is 0 Å². The largest absolute Gasteiger partial charge is 0.488 e. The molecule has 0 aliphatic carbocycles. The fraction of sp³-hybridized carbons (Fsp3) is 0.500. The van der Waals surface area contributed by atoms with Crippen molar-refractivity contribution in [1.29, 1.82) is 0 Å². The Kier molecular flexibility index (Phi) is 7.78. The van der Waals surface area contributed by atoms with Crippen molar-refractivity contribution < 1.29 is 44.5 Å². The SMILES string of the molecule is COC(c1ccc(OC2CCOC2)cc1)c1cc([C@]2(O)O[C@H](CO)[C@@H](O)[C@H](O)[C@H]2O)ccc1Cl. The third-order valence-corrected chi connectivity index (χ3v) is 6.61. The van der Waals surface area contributed by atoms with Crippen molar-refractivity contribution >= 4 is 11.6 Å². The lowest BCUT2D eigenvalue weighted by Gasteiger charge is -2.45. The lowest BCUT2D eigenvalue weighted by molar-refractivity contribution is -0.357. The summed E-state index contributed by atoms with van der Waals surface area (Å²) in [6.07, 6.45) is -6.28. The molecule has 2 aromatic rings. The molecule has 0 saturated carbocycles. The topological polar surface area (TPSA) is 138 Å². The van der Waals surface area contributed by atoms with Gasteiger partial charge in [-0.15, -0.1) is 0 Å². The van der Waals surface area contributed by atoms with Gasteiger partial charge in [-0.05, 0) is 29.8 Å². The van der Waals surface area contributed by atoms with Crippen LogP contribution in [0.1, 0.15) is 29.2 Å². The van der Waals surface area contributed by atoms with E-state index in [9.17, 15) is 25.5 Å². The van der Waals surface area contributed by atoms with Gasteiger partial charge >= 0.3 is 0 Å². The minimum Gasteiger partial charge on any atom is -0.488 e. The molecule has 5 N–H and O–H groups in total. The van der Waals surface area contributed by atoms with Crippen molar-refractivity contribution in [3.8, 4) is 5.75 Å². The van der Waals surface area contributed by atoms with E-state index in [2.05, 4.69) is 0 Å². The van der Waals surface area contributed by atoms with Crippen molar-refractivity contribution in [3.05, 3.63) is 64.2 Å². The highest BCUT2D eigenvalue weighted by molar-refractivity contribution is 6.31. The zero-order valence-electron chi connectivity index (χ0n) is 18.6. The van der Waals surface area contributed by atoms with Crippen LogP contribution >= 0.6 is 11.6 Å². The molecule has 0 spiro atoms. The Balaban J connectivity index is 1.62. The second-order valence-electron chi connectivity index (χ2n) is 8.49. The van der Waals surface area contributed by atoms with E-state index in [-0.39, 0.29) is 11.7 Å². The molecular formula is C24H29ClO9. The molecule has 10 heteroatoms. The fourth-order valence-corrected chi connectivity index (χ4v) is 4.54. The van der Waals surface area contributed by atoms with Crippen molar-refractivity contribution in [2.75, 3.05) is 26.9 Å². The molecule has 9 nitrogen and oxygen atoms in total. The van der Waals surface area contributed by atoms with Gasteiger partial charge < -0.3 is 44.5 Å². The van der Waals surface area contributed by atoms with E-state index in [4.69, 9.17) is 30.5 Å². The van der Waals surface area contributed by atoms with Crippen molar-refractivity contribution in [2.24, 2.45) is 0 Å². The average molecular weight is 497 g/mol. The van der Waals surface area contributed by atoms with Crippen molar-refractivity contribution in [2.45, 2.75) is 48.8 Å². The van der Waals surface area contributed by atoms with Crippen LogP contribution in [-0.4, -0.2) is 83.0 Å². The lowest BCUT2D eigenvalue weighted by Crippen LogP contribution is -2.63. The molecule has 2 aliphatic heterocycles. The predicted molar refractivity (Wildman–Crippen MR) is 120 cm³/mol. The van der Waals surface area contributed by atoms with Gasteiger partial charge in [0.25, 0.3) is 0 Å². The highest BCUT2D eigenvalue weighted by Gasteiger charge is 2.53. The lowest BCUT2D eigenvalue weighted by atomic mass is 9.87. The predicted octanol–water partition coefficient (Wildman–Crippen LogP) is 0.862. The minimum atomic E-state index is -2.40. The van der Waals surface area contributed by atoms with E-state index in [0.717, 1.165) is 12.0 Å².